The average Bonchev–Trinajstić information content (AvgIpc) is 2.38. The van der Waals surface area contributed by atoms with Gasteiger partial charge >= 0.3 is 5.97 Å². The highest BCUT2D eigenvalue weighted by atomic mass is 35.5. The molecule has 0 aromatic carbocycles. The van der Waals surface area contributed by atoms with Gasteiger partial charge in [-0.3, -0.25) is 4.98 Å². The smallest absolute Gasteiger partial charge is 0.339 e. The van der Waals surface area contributed by atoms with Gasteiger partial charge in [0, 0.05) is 18.4 Å². The molecule has 19 heavy (non-hydrogen) atoms. The molecule has 2 heterocycles. The van der Waals surface area contributed by atoms with Crippen molar-refractivity contribution in [1.82, 2.24) is 9.97 Å². The largest absolute Gasteiger partial charge is 0.478 e. The van der Waals surface area contributed by atoms with Gasteiger partial charge in [-0.05, 0) is 30.7 Å². The maximum Gasteiger partial charge on any atom is 0.339 e. The van der Waals surface area contributed by atoms with Crippen LogP contribution in [-0.4, -0.2) is 21.0 Å². The highest BCUT2D eigenvalue weighted by molar-refractivity contribution is 6.29. The van der Waals surface area contributed by atoms with Gasteiger partial charge in [0.15, 0.2) is 0 Å². The number of aromatic carboxylic acids is 1. The van der Waals surface area contributed by atoms with E-state index in [1.165, 1.54) is 12.1 Å². The third-order valence-electron chi connectivity index (χ3n) is 2.52. The Hall–Kier alpha value is -2.14. The van der Waals surface area contributed by atoms with E-state index in [0.717, 1.165) is 11.3 Å². The third-order valence-corrected chi connectivity index (χ3v) is 2.73. The molecule has 2 N–H and O–H groups in total. The topological polar surface area (TPSA) is 75.1 Å². The molecule has 0 aliphatic rings. The number of hydrogen-bond donors (Lipinski definition) is 2. The van der Waals surface area contributed by atoms with E-state index in [1.54, 1.807) is 6.20 Å². The van der Waals surface area contributed by atoms with Crippen molar-refractivity contribution < 1.29 is 9.90 Å². The molecule has 0 radical (unpaired) electrons. The highest BCUT2D eigenvalue weighted by Crippen LogP contribution is 2.17. The van der Waals surface area contributed by atoms with Gasteiger partial charge in [-0.25, -0.2) is 9.78 Å². The summed E-state index contributed by atoms with van der Waals surface area (Å²) in [5, 5.41) is 12.3. The zero-order chi connectivity index (χ0) is 13.8. The molecule has 0 saturated heterocycles. The van der Waals surface area contributed by atoms with Gasteiger partial charge in [-0.2, -0.15) is 0 Å². The van der Waals surface area contributed by atoms with Gasteiger partial charge in [0.05, 0.1) is 0 Å². The minimum absolute atomic E-state index is 0.0875. The van der Waals surface area contributed by atoms with E-state index < -0.39 is 5.97 Å². The van der Waals surface area contributed by atoms with Crippen molar-refractivity contribution in [1.29, 1.82) is 0 Å². The first-order chi connectivity index (χ1) is 9.06. The predicted molar refractivity (Wildman–Crippen MR) is 72.5 cm³/mol. The van der Waals surface area contributed by atoms with Gasteiger partial charge in [0.25, 0.3) is 0 Å². The van der Waals surface area contributed by atoms with Gasteiger partial charge in [0.1, 0.15) is 16.5 Å². The summed E-state index contributed by atoms with van der Waals surface area (Å²) in [7, 11) is 0. The van der Waals surface area contributed by atoms with Crippen LogP contribution in [0.2, 0.25) is 5.15 Å². The van der Waals surface area contributed by atoms with Crippen molar-refractivity contribution in [3.05, 3.63) is 52.4 Å². The van der Waals surface area contributed by atoms with Crippen molar-refractivity contribution in [2.45, 2.75) is 13.5 Å². The summed E-state index contributed by atoms with van der Waals surface area (Å²) in [5.74, 6) is -0.797. The van der Waals surface area contributed by atoms with Crippen LogP contribution in [0, 0.1) is 6.92 Å². The van der Waals surface area contributed by atoms with Crippen molar-refractivity contribution in [3.63, 3.8) is 0 Å². The Labute approximate surface area is 115 Å². The van der Waals surface area contributed by atoms with Crippen LogP contribution in [0.3, 0.4) is 0 Å². The number of nitrogens with zero attached hydrogens (tertiary/aromatic N) is 2. The number of carboxylic acid groups (broad SMARTS) is 1. The molecule has 6 heteroatoms. The van der Waals surface area contributed by atoms with E-state index in [2.05, 4.69) is 15.3 Å². The summed E-state index contributed by atoms with van der Waals surface area (Å²) in [4.78, 5) is 19.2. The number of carbonyl (C=O) groups is 1. The number of carboxylic acids is 1. The predicted octanol–water partition coefficient (Wildman–Crippen LogP) is 2.75. The van der Waals surface area contributed by atoms with Gasteiger partial charge in [-0.15, -0.1) is 0 Å². The SMILES string of the molecule is Cc1ccc(CNc2nc(Cl)ccc2C(=O)O)cn1. The normalized spacial score (nSPS) is 10.2. The van der Waals surface area contributed by atoms with Crippen LogP contribution < -0.4 is 5.32 Å². The molecule has 0 spiro atoms. The fourth-order valence-corrected chi connectivity index (χ4v) is 1.68. The number of nitrogens with one attached hydrogen (secondary N) is 1. The number of rotatable bonds is 4. The molecule has 5 nitrogen and oxygen atoms in total. The molecular weight excluding hydrogens is 266 g/mol. The van der Waals surface area contributed by atoms with Gasteiger partial charge < -0.3 is 10.4 Å². The first kappa shape index (κ1) is 13.3. The Kier molecular flexibility index (Phi) is 3.97. The zero-order valence-corrected chi connectivity index (χ0v) is 11.0. The summed E-state index contributed by atoms with van der Waals surface area (Å²) < 4.78 is 0. The molecule has 0 bridgehead atoms. The first-order valence-corrected chi connectivity index (χ1v) is 5.99. The van der Waals surface area contributed by atoms with E-state index >= 15 is 0 Å². The highest BCUT2D eigenvalue weighted by Gasteiger charge is 2.11. The van der Waals surface area contributed by atoms with Gasteiger partial charge in [0.2, 0.25) is 0 Å². The average molecular weight is 278 g/mol. The minimum atomic E-state index is -1.05. The van der Waals surface area contributed by atoms with Crippen LogP contribution in [0.25, 0.3) is 0 Å². The lowest BCUT2D eigenvalue weighted by Gasteiger charge is -2.09. The van der Waals surface area contributed by atoms with Crippen molar-refractivity contribution in [3.8, 4) is 0 Å². The van der Waals surface area contributed by atoms with Crippen molar-refractivity contribution in [2.75, 3.05) is 5.32 Å². The number of aromatic nitrogens is 2. The van der Waals surface area contributed by atoms with Crippen LogP contribution in [0.4, 0.5) is 5.82 Å². The van der Waals surface area contributed by atoms with Crippen molar-refractivity contribution in [2.24, 2.45) is 0 Å². The summed E-state index contributed by atoms with van der Waals surface area (Å²) >= 11 is 5.77. The number of anilines is 1. The molecule has 2 aromatic rings. The van der Waals surface area contributed by atoms with Crippen LogP contribution in [-0.2, 0) is 6.54 Å². The molecule has 98 valence electrons. The summed E-state index contributed by atoms with van der Waals surface area (Å²) in [6.45, 7) is 2.33. The van der Waals surface area contributed by atoms with Crippen LogP contribution in [0.15, 0.2) is 30.5 Å². The summed E-state index contributed by atoms with van der Waals surface area (Å²) in [5.41, 5.74) is 1.95. The number of hydrogen-bond acceptors (Lipinski definition) is 4. The zero-order valence-electron chi connectivity index (χ0n) is 10.2. The second-order valence-electron chi connectivity index (χ2n) is 4.00. The fraction of sp³-hybridized carbons (Fsp3) is 0.154. The Morgan fingerprint density at radius 2 is 2.16 bits per heavy atom. The Morgan fingerprint density at radius 1 is 1.37 bits per heavy atom. The minimum Gasteiger partial charge on any atom is -0.478 e. The van der Waals surface area contributed by atoms with E-state index in [0.29, 0.717) is 6.54 Å². The second kappa shape index (κ2) is 5.67. The molecule has 0 atom stereocenters. The molecule has 0 aliphatic heterocycles. The Morgan fingerprint density at radius 3 is 2.79 bits per heavy atom. The van der Waals surface area contributed by atoms with Crippen LogP contribution in [0.5, 0.6) is 0 Å². The maximum absolute atomic E-state index is 11.1. The standard InChI is InChI=1S/C13H12ClN3O2/c1-8-2-3-9(6-15-8)7-16-12-10(13(18)19)4-5-11(14)17-12/h2-6H,7H2,1H3,(H,16,17)(H,18,19). The molecule has 0 aliphatic carbocycles. The van der Waals surface area contributed by atoms with Crippen LogP contribution in [0.1, 0.15) is 21.6 Å². The lowest BCUT2D eigenvalue weighted by molar-refractivity contribution is 0.0697. The summed E-state index contributed by atoms with van der Waals surface area (Å²) in [6.07, 6.45) is 1.73. The molecule has 2 aromatic heterocycles. The lowest BCUT2D eigenvalue weighted by Crippen LogP contribution is -2.08. The lowest BCUT2D eigenvalue weighted by atomic mass is 10.2. The first-order valence-electron chi connectivity index (χ1n) is 5.61. The van der Waals surface area contributed by atoms with E-state index in [9.17, 15) is 4.79 Å². The molecule has 0 amide bonds. The van der Waals surface area contributed by atoms with E-state index in [-0.39, 0.29) is 16.5 Å². The van der Waals surface area contributed by atoms with E-state index in [4.69, 9.17) is 16.7 Å². The second-order valence-corrected chi connectivity index (χ2v) is 4.38. The molecule has 0 unspecified atom stereocenters. The number of aryl methyl sites for hydroxylation is 1. The Balaban J connectivity index is 2.16. The van der Waals surface area contributed by atoms with Crippen molar-refractivity contribution >= 4 is 23.4 Å². The molecule has 0 fully saturated rings. The fourth-order valence-electron chi connectivity index (χ4n) is 1.53. The molecule has 0 saturated carbocycles. The number of pyridine rings is 2. The van der Waals surface area contributed by atoms with E-state index in [1.807, 2.05) is 19.1 Å². The quantitative estimate of drug-likeness (QED) is 0.841. The Bertz CT molecular complexity index is 599. The molecule has 2 rings (SSSR count). The monoisotopic (exact) mass is 277 g/mol. The third kappa shape index (κ3) is 3.42. The summed E-state index contributed by atoms with van der Waals surface area (Å²) in [6, 6.07) is 6.68. The number of halogens is 1. The van der Waals surface area contributed by atoms with Crippen LogP contribution >= 0.6 is 11.6 Å². The maximum atomic E-state index is 11.1. The molecular formula is C13H12ClN3O2. The van der Waals surface area contributed by atoms with Gasteiger partial charge in [-0.1, -0.05) is 17.7 Å².